The molecule has 0 aromatic heterocycles. The highest BCUT2D eigenvalue weighted by Crippen LogP contribution is 2.28. The molecule has 0 aliphatic carbocycles. The van der Waals surface area contributed by atoms with Crippen LogP contribution in [-0.2, 0) is 30.4 Å². The van der Waals surface area contributed by atoms with Crippen LogP contribution in [0.25, 0.3) is 0 Å². The lowest BCUT2D eigenvalue weighted by Crippen LogP contribution is -2.42. The fourth-order valence-corrected chi connectivity index (χ4v) is 5.29. The van der Waals surface area contributed by atoms with E-state index in [9.17, 15) is 13.2 Å². The topological polar surface area (TPSA) is 90.9 Å². The third kappa shape index (κ3) is 8.41. The van der Waals surface area contributed by atoms with Crippen molar-refractivity contribution in [3.05, 3.63) is 64.6 Å². The van der Waals surface area contributed by atoms with Gasteiger partial charge in [0.05, 0.1) is 29.8 Å². The third-order valence-corrected chi connectivity index (χ3v) is 7.30. The first kappa shape index (κ1) is 25.7. The Labute approximate surface area is 204 Å². The summed E-state index contributed by atoms with van der Waals surface area (Å²) in [5.41, 5.74) is 0.866. The van der Waals surface area contributed by atoms with Crippen molar-refractivity contribution >= 4 is 32.1 Å². The van der Waals surface area contributed by atoms with Crippen molar-refractivity contribution in [2.24, 2.45) is 5.92 Å². The van der Waals surface area contributed by atoms with E-state index >= 15 is 0 Å². The molecule has 2 aromatic rings. The zero-order valence-electron chi connectivity index (χ0n) is 18.8. The number of benzene rings is 2. The molecule has 9 heteroatoms. The van der Waals surface area contributed by atoms with Gasteiger partial charge in [-0.3, -0.25) is 4.18 Å². The number of hydrogen-bond donors (Lipinski definition) is 1. The Morgan fingerprint density at radius 1 is 1.09 bits per heavy atom. The van der Waals surface area contributed by atoms with Gasteiger partial charge in [-0.1, -0.05) is 46.3 Å². The highest BCUT2D eigenvalue weighted by Gasteiger charge is 2.29. The Hall–Kier alpha value is -1.94. The van der Waals surface area contributed by atoms with Crippen LogP contribution in [0.3, 0.4) is 0 Å². The molecule has 1 aliphatic heterocycles. The second-order valence-corrected chi connectivity index (χ2v) is 11.0. The van der Waals surface area contributed by atoms with Crippen LogP contribution in [0.5, 0.6) is 0 Å². The average molecular weight is 540 g/mol. The number of rotatable bonds is 9. The summed E-state index contributed by atoms with van der Waals surface area (Å²) < 4.78 is 42.5. The minimum Gasteiger partial charge on any atom is -0.445 e. The van der Waals surface area contributed by atoms with Crippen molar-refractivity contribution in [1.82, 2.24) is 5.32 Å². The highest BCUT2D eigenvalue weighted by atomic mass is 79.9. The Bertz CT molecular complexity index is 989. The summed E-state index contributed by atoms with van der Waals surface area (Å²) in [4.78, 5) is 12.5. The van der Waals surface area contributed by atoms with E-state index in [0.717, 1.165) is 22.9 Å². The lowest BCUT2D eigenvalue weighted by molar-refractivity contribution is -0.0554. The Balaban J connectivity index is 1.63. The number of halogens is 1. The molecule has 1 amide bonds. The van der Waals surface area contributed by atoms with Gasteiger partial charge in [0.25, 0.3) is 10.1 Å². The zero-order chi connectivity index (χ0) is 23.8. The number of amides is 1. The fraction of sp³-hybridized carbons (Fsp3) is 0.458. The van der Waals surface area contributed by atoms with Gasteiger partial charge >= 0.3 is 6.09 Å². The van der Waals surface area contributed by atoms with Gasteiger partial charge in [-0.15, -0.1) is 0 Å². The van der Waals surface area contributed by atoms with Crippen LogP contribution in [0, 0.1) is 5.92 Å². The Morgan fingerprint density at radius 3 is 2.36 bits per heavy atom. The standard InChI is InChI=1S/C24H30BrNO6S/c1-17-12-20(13-18(2)32-17)14-22(26-24(27)30-15-19-6-4-3-5-7-19)16-31-33(28,29)23-10-8-21(25)9-11-23/h3-11,17-18,20,22H,12-16H2,1-2H3,(H,26,27)/t17-,18+,20?,22-/m1/s1. The van der Waals surface area contributed by atoms with Crippen molar-refractivity contribution in [3.8, 4) is 0 Å². The summed E-state index contributed by atoms with van der Waals surface area (Å²) in [5, 5.41) is 2.80. The maximum Gasteiger partial charge on any atom is 0.407 e. The first-order valence-corrected chi connectivity index (χ1v) is 13.2. The summed E-state index contributed by atoms with van der Waals surface area (Å²) in [6, 6.07) is 15.0. The van der Waals surface area contributed by atoms with E-state index in [1.807, 2.05) is 44.2 Å². The molecule has 33 heavy (non-hydrogen) atoms. The van der Waals surface area contributed by atoms with E-state index in [0.29, 0.717) is 6.42 Å². The predicted molar refractivity (Wildman–Crippen MR) is 128 cm³/mol. The van der Waals surface area contributed by atoms with Gasteiger partial charge in [0.2, 0.25) is 0 Å². The minimum atomic E-state index is -3.96. The quantitative estimate of drug-likeness (QED) is 0.448. The van der Waals surface area contributed by atoms with E-state index < -0.39 is 22.3 Å². The molecule has 0 spiro atoms. The Kier molecular flexibility index (Phi) is 9.31. The van der Waals surface area contributed by atoms with Gasteiger partial charge in [0.15, 0.2) is 0 Å². The summed E-state index contributed by atoms with van der Waals surface area (Å²) in [6.45, 7) is 3.99. The second-order valence-electron chi connectivity index (χ2n) is 8.43. The second kappa shape index (κ2) is 12.0. The largest absolute Gasteiger partial charge is 0.445 e. The monoisotopic (exact) mass is 539 g/mol. The van der Waals surface area contributed by atoms with Crippen LogP contribution < -0.4 is 5.32 Å². The molecule has 1 N–H and O–H groups in total. The number of ether oxygens (including phenoxy) is 2. The molecule has 180 valence electrons. The maximum absolute atomic E-state index is 12.6. The summed E-state index contributed by atoms with van der Waals surface area (Å²) in [5.74, 6) is 0.266. The van der Waals surface area contributed by atoms with Gasteiger partial charge in [0, 0.05) is 4.47 Å². The van der Waals surface area contributed by atoms with Crippen LogP contribution in [0.1, 0.15) is 38.7 Å². The van der Waals surface area contributed by atoms with Crippen molar-refractivity contribution in [2.45, 2.75) is 62.9 Å². The van der Waals surface area contributed by atoms with Crippen molar-refractivity contribution in [1.29, 1.82) is 0 Å². The summed E-state index contributed by atoms with van der Waals surface area (Å²) in [7, 11) is -3.96. The molecular formula is C24H30BrNO6S. The van der Waals surface area contributed by atoms with Crippen molar-refractivity contribution in [3.63, 3.8) is 0 Å². The molecule has 4 atom stereocenters. The summed E-state index contributed by atoms with van der Waals surface area (Å²) in [6.07, 6.45) is 1.84. The van der Waals surface area contributed by atoms with Gasteiger partial charge in [-0.2, -0.15) is 8.42 Å². The van der Waals surface area contributed by atoms with Crippen LogP contribution in [0.15, 0.2) is 64.0 Å². The number of nitrogens with one attached hydrogen (secondary N) is 1. The molecule has 1 heterocycles. The molecule has 0 bridgehead atoms. The fourth-order valence-electron chi connectivity index (χ4n) is 4.08. The van der Waals surface area contributed by atoms with Gasteiger partial charge in [0.1, 0.15) is 6.61 Å². The third-order valence-electron chi connectivity index (χ3n) is 5.47. The molecule has 2 aromatic carbocycles. The van der Waals surface area contributed by atoms with Gasteiger partial charge < -0.3 is 14.8 Å². The number of alkyl carbamates (subject to hydrolysis) is 1. The van der Waals surface area contributed by atoms with Gasteiger partial charge in [-0.05, 0) is 68.9 Å². The predicted octanol–water partition coefficient (Wildman–Crippen LogP) is 5.04. The van der Waals surface area contributed by atoms with Crippen LogP contribution in [0.4, 0.5) is 4.79 Å². The average Bonchev–Trinajstić information content (AvgIpc) is 2.76. The number of carbonyl (C=O) groups is 1. The van der Waals surface area contributed by atoms with Crippen LogP contribution >= 0.6 is 15.9 Å². The van der Waals surface area contributed by atoms with E-state index in [1.54, 1.807) is 12.1 Å². The lowest BCUT2D eigenvalue weighted by atomic mass is 9.87. The normalized spacial score (nSPS) is 21.8. The summed E-state index contributed by atoms with van der Waals surface area (Å²) >= 11 is 3.29. The molecule has 1 unspecified atom stereocenters. The van der Waals surface area contributed by atoms with Crippen molar-refractivity contribution < 1.29 is 26.9 Å². The first-order valence-electron chi connectivity index (χ1n) is 11.0. The smallest absolute Gasteiger partial charge is 0.407 e. The number of hydrogen-bond acceptors (Lipinski definition) is 6. The molecule has 0 radical (unpaired) electrons. The molecule has 7 nitrogen and oxygen atoms in total. The zero-order valence-corrected chi connectivity index (χ0v) is 21.2. The van der Waals surface area contributed by atoms with Crippen LogP contribution in [-0.4, -0.2) is 39.4 Å². The maximum atomic E-state index is 12.6. The molecule has 1 fully saturated rings. The number of carbonyl (C=O) groups excluding carboxylic acids is 1. The first-order chi connectivity index (χ1) is 15.7. The molecule has 1 saturated heterocycles. The molecular weight excluding hydrogens is 510 g/mol. The van der Waals surface area contributed by atoms with Crippen LogP contribution in [0.2, 0.25) is 0 Å². The van der Waals surface area contributed by atoms with E-state index in [2.05, 4.69) is 21.2 Å². The molecule has 0 saturated carbocycles. The van der Waals surface area contributed by atoms with E-state index in [1.165, 1.54) is 12.1 Å². The lowest BCUT2D eigenvalue weighted by Gasteiger charge is -2.34. The van der Waals surface area contributed by atoms with E-state index in [4.69, 9.17) is 13.7 Å². The SMILES string of the molecule is C[C@@H]1CC(C[C@H](COS(=O)(=O)c2ccc(Br)cc2)NC(=O)OCc2ccccc2)C[C@H](C)O1. The molecule has 1 aliphatic rings. The van der Waals surface area contributed by atoms with E-state index in [-0.39, 0.29) is 36.2 Å². The van der Waals surface area contributed by atoms with Gasteiger partial charge in [-0.25, -0.2) is 4.79 Å². The Morgan fingerprint density at radius 2 is 1.73 bits per heavy atom. The highest BCUT2D eigenvalue weighted by molar-refractivity contribution is 9.10. The van der Waals surface area contributed by atoms with Crippen molar-refractivity contribution in [2.75, 3.05) is 6.61 Å². The minimum absolute atomic E-state index is 0.0596. The molecule has 3 rings (SSSR count).